The minimum atomic E-state index is -3.10. The largest absolute Gasteiger partial charge is 0.480 e. The van der Waals surface area contributed by atoms with Gasteiger partial charge in [-0.25, -0.2) is 18.0 Å². The maximum absolute atomic E-state index is 11.7. The van der Waals surface area contributed by atoms with E-state index in [-0.39, 0.29) is 11.5 Å². The Hall–Kier alpha value is -1.31. The highest BCUT2D eigenvalue weighted by Gasteiger charge is 2.27. The van der Waals surface area contributed by atoms with E-state index in [4.69, 9.17) is 5.11 Å². The zero-order chi connectivity index (χ0) is 15.2. The van der Waals surface area contributed by atoms with Gasteiger partial charge in [0.25, 0.3) is 0 Å². The van der Waals surface area contributed by atoms with E-state index in [0.717, 1.165) is 6.42 Å². The van der Waals surface area contributed by atoms with Crippen LogP contribution in [-0.4, -0.2) is 49.1 Å². The number of urea groups is 1. The molecule has 1 heterocycles. The number of carboxylic acids is 1. The Labute approximate surface area is 119 Å². The standard InChI is InChI=1S/C12H22N2O5S/c1-2-3-6-10(11(15)16)14-12(17)13-9-5-4-7-20(18,19)8-9/h9-10H,2-8H2,1H3,(H,15,16)(H2,13,14,17). The Balaban J connectivity index is 2.47. The summed E-state index contributed by atoms with van der Waals surface area (Å²) in [6.45, 7) is 1.94. The van der Waals surface area contributed by atoms with Gasteiger partial charge in [0.15, 0.2) is 9.84 Å². The van der Waals surface area contributed by atoms with Crippen LogP contribution in [0.25, 0.3) is 0 Å². The van der Waals surface area contributed by atoms with Gasteiger partial charge in [0, 0.05) is 6.04 Å². The van der Waals surface area contributed by atoms with Gasteiger partial charge < -0.3 is 15.7 Å². The van der Waals surface area contributed by atoms with E-state index in [1.165, 1.54) is 0 Å². The summed E-state index contributed by atoms with van der Waals surface area (Å²) < 4.78 is 22.9. The van der Waals surface area contributed by atoms with Gasteiger partial charge in [-0.05, 0) is 19.3 Å². The van der Waals surface area contributed by atoms with Gasteiger partial charge in [-0.2, -0.15) is 0 Å². The summed E-state index contributed by atoms with van der Waals surface area (Å²) in [4.78, 5) is 22.7. The van der Waals surface area contributed by atoms with Gasteiger partial charge in [0.1, 0.15) is 6.04 Å². The van der Waals surface area contributed by atoms with Crippen LogP contribution in [0, 0.1) is 0 Å². The number of nitrogens with one attached hydrogen (secondary N) is 2. The molecule has 1 rings (SSSR count). The van der Waals surface area contributed by atoms with Crippen molar-refractivity contribution in [2.75, 3.05) is 11.5 Å². The molecule has 0 aromatic carbocycles. The van der Waals surface area contributed by atoms with E-state index in [1.807, 2.05) is 6.92 Å². The van der Waals surface area contributed by atoms with Crippen molar-refractivity contribution >= 4 is 21.8 Å². The molecular weight excluding hydrogens is 284 g/mol. The van der Waals surface area contributed by atoms with Crippen LogP contribution >= 0.6 is 0 Å². The normalized spacial score (nSPS) is 22.8. The highest BCUT2D eigenvalue weighted by Crippen LogP contribution is 2.12. The zero-order valence-electron chi connectivity index (χ0n) is 11.6. The van der Waals surface area contributed by atoms with Crippen molar-refractivity contribution in [1.82, 2.24) is 10.6 Å². The molecule has 0 aliphatic carbocycles. The van der Waals surface area contributed by atoms with Crippen LogP contribution in [0.2, 0.25) is 0 Å². The molecule has 116 valence electrons. The van der Waals surface area contributed by atoms with E-state index < -0.39 is 33.9 Å². The lowest BCUT2D eigenvalue weighted by atomic mass is 10.1. The predicted molar refractivity (Wildman–Crippen MR) is 74.3 cm³/mol. The fraction of sp³-hybridized carbons (Fsp3) is 0.833. The van der Waals surface area contributed by atoms with Crippen LogP contribution in [0.15, 0.2) is 0 Å². The number of rotatable bonds is 6. The number of unbranched alkanes of at least 4 members (excludes halogenated alkanes) is 1. The number of hydrogen-bond acceptors (Lipinski definition) is 4. The van der Waals surface area contributed by atoms with Crippen LogP contribution < -0.4 is 10.6 Å². The maximum Gasteiger partial charge on any atom is 0.326 e. The molecule has 1 saturated heterocycles. The second-order valence-corrected chi connectivity index (χ2v) is 7.33. The summed E-state index contributed by atoms with van der Waals surface area (Å²) in [6.07, 6.45) is 3.02. The topological polar surface area (TPSA) is 113 Å². The first-order valence-electron chi connectivity index (χ1n) is 6.84. The molecule has 1 aliphatic rings. The summed E-state index contributed by atoms with van der Waals surface area (Å²) in [5, 5.41) is 13.9. The van der Waals surface area contributed by atoms with Gasteiger partial charge >= 0.3 is 12.0 Å². The number of sulfone groups is 1. The maximum atomic E-state index is 11.7. The minimum absolute atomic E-state index is 0.0763. The van der Waals surface area contributed by atoms with E-state index in [1.54, 1.807) is 0 Å². The third-order valence-corrected chi connectivity index (χ3v) is 5.07. The quantitative estimate of drug-likeness (QED) is 0.661. The molecular formula is C12H22N2O5S. The zero-order valence-corrected chi connectivity index (χ0v) is 12.4. The van der Waals surface area contributed by atoms with Gasteiger partial charge in [0.05, 0.1) is 11.5 Å². The monoisotopic (exact) mass is 306 g/mol. The average molecular weight is 306 g/mol. The minimum Gasteiger partial charge on any atom is -0.480 e. The predicted octanol–water partition coefficient (Wildman–Crippen LogP) is 0.506. The lowest BCUT2D eigenvalue weighted by Crippen LogP contribution is -2.51. The Morgan fingerprint density at radius 2 is 2.10 bits per heavy atom. The fourth-order valence-electron chi connectivity index (χ4n) is 2.19. The van der Waals surface area contributed by atoms with E-state index in [0.29, 0.717) is 25.7 Å². The molecule has 0 saturated carbocycles. The summed E-state index contributed by atoms with van der Waals surface area (Å²) in [7, 11) is -3.10. The van der Waals surface area contributed by atoms with Crippen LogP contribution in [0.1, 0.15) is 39.0 Å². The first-order valence-corrected chi connectivity index (χ1v) is 8.66. The van der Waals surface area contributed by atoms with Crippen molar-refractivity contribution in [3.8, 4) is 0 Å². The molecule has 2 unspecified atom stereocenters. The van der Waals surface area contributed by atoms with Crippen LogP contribution in [0.5, 0.6) is 0 Å². The molecule has 8 heteroatoms. The third kappa shape index (κ3) is 5.77. The molecule has 0 bridgehead atoms. The molecule has 1 fully saturated rings. The first-order chi connectivity index (χ1) is 9.34. The Morgan fingerprint density at radius 3 is 2.65 bits per heavy atom. The fourth-order valence-corrected chi connectivity index (χ4v) is 3.82. The molecule has 0 aromatic heterocycles. The summed E-state index contributed by atoms with van der Waals surface area (Å²) >= 11 is 0. The van der Waals surface area contributed by atoms with E-state index in [9.17, 15) is 18.0 Å². The number of aliphatic carboxylic acids is 1. The van der Waals surface area contributed by atoms with Crippen molar-refractivity contribution in [3.05, 3.63) is 0 Å². The van der Waals surface area contributed by atoms with Crippen molar-refractivity contribution in [2.45, 2.75) is 51.1 Å². The molecule has 0 aromatic rings. The number of carbonyl (C=O) groups excluding carboxylic acids is 1. The molecule has 1 aliphatic heterocycles. The average Bonchev–Trinajstić information content (AvgIpc) is 2.32. The number of hydrogen-bond donors (Lipinski definition) is 3. The second-order valence-electron chi connectivity index (χ2n) is 5.10. The highest BCUT2D eigenvalue weighted by atomic mass is 32.2. The Morgan fingerprint density at radius 1 is 1.40 bits per heavy atom. The number of carbonyl (C=O) groups is 2. The van der Waals surface area contributed by atoms with Gasteiger partial charge in [-0.1, -0.05) is 19.8 Å². The van der Waals surface area contributed by atoms with Gasteiger partial charge in [-0.15, -0.1) is 0 Å². The van der Waals surface area contributed by atoms with Crippen molar-refractivity contribution in [1.29, 1.82) is 0 Å². The van der Waals surface area contributed by atoms with E-state index >= 15 is 0 Å². The molecule has 2 amide bonds. The van der Waals surface area contributed by atoms with Crippen molar-refractivity contribution < 1.29 is 23.1 Å². The molecule has 7 nitrogen and oxygen atoms in total. The Bertz CT molecular complexity index is 449. The molecule has 20 heavy (non-hydrogen) atoms. The lowest BCUT2D eigenvalue weighted by Gasteiger charge is -2.24. The van der Waals surface area contributed by atoms with Gasteiger partial charge in [0.2, 0.25) is 0 Å². The van der Waals surface area contributed by atoms with E-state index in [2.05, 4.69) is 10.6 Å². The molecule has 0 radical (unpaired) electrons. The highest BCUT2D eigenvalue weighted by molar-refractivity contribution is 7.91. The van der Waals surface area contributed by atoms with Crippen molar-refractivity contribution in [2.24, 2.45) is 0 Å². The smallest absolute Gasteiger partial charge is 0.326 e. The van der Waals surface area contributed by atoms with Gasteiger partial charge in [-0.3, -0.25) is 0 Å². The molecule has 0 spiro atoms. The first kappa shape index (κ1) is 16.7. The molecule has 2 atom stereocenters. The van der Waals surface area contributed by atoms with Crippen LogP contribution in [0.4, 0.5) is 4.79 Å². The second kappa shape index (κ2) is 7.47. The lowest BCUT2D eigenvalue weighted by molar-refractivity contribution is -0.139. The Kier molecular flexibility index (Phi) is 6.25. The summed E-state index contributed by atoms with van der Waals surface area (Å²) in [5.74, 6) is -1.00. The SMILES string of the molecule is CCCCC(NC(=O)NC1CCCS(=O)(=O)C1)C(=O)O. The van der Waals surface area contributed by atoms with Crippen molar-refractivity contribution in [3.63, 3.8) is 0 Å². The number of amides is 2. The summed E-state index contributed by atoms with van der Waals surface area (Å²) in [6, 6.07) is -1.99. The van der Waals surface area contributed by atoms with Crippen LogP contribution in [-0.2, 0) is 14.6 Å². The summed E-state index contributed by atoms with van der Waals surface area (Å²) in [5.41, 5.74) is 0. The van der Waals surface area contributed by atoms with Crippen LogP contribution in [0.3, 0.4) is 0 Å². The third-order valence-electron chi connectivity index (χ3n) is 3.25. The molecule has 3 N–H and O–H groups in total. The number of carboxylic acid groups (broad SMARTS) is 1.